The second-order valence-electron chi connectivity index (χ2n) is 4.11. The minimum atomic E-state index is -0.323. The molecule has 1 heterocycles. The Bertz CT molecular complexity index is 594. The van der Waals surface area contributed by atoms with Gasteiger partial charge in [-0.3, -0.25) is 0 Å². The number of anilines is 2. The van der Waals surface area contributed by atoms with Crippen LogP contribution < -0.4 is 4.90 Å². The highest BCUT2D eigenvalue weighted by atomic mass is 35.5. The largest absolute Gasteiger partial charge is 0.374 e. The topological polar surface area (TPSA) is 38.2 Å². The molecule has 1 aromatic heterocycles. The number of halogens is 2. The third-order valence-corrected chi connectivity index (χ3v) is 2.91. The minimum absolute atomic E-state index is 0.273. The third-order valence-electron chi connectivity index (χ3n) is 2.72. The van der Waals surface area contributed by atoms with E-state index in [1.165, 1.54) is 6.07 Å². The van der Waals surface area contributed by atoms with Crippen LogP contribution in [0.5, 0.6) is 0 Å². The summed E-state index contributed by atoms with van der Waals surface area (Å²) in [5.41, 5.74) is 0.421. The van der Waals surface area contributed by atoms with Gasteiger partial charge in [-0.25, -0.2) is 14.4 Å². The Kier molecular flexibility index (Phi) is 4.87. The summed E-state index contributed by atoms with van der Waals surface area (Å²) in [6.07, 6.45) is 0. The fourth-order valence-corrected chi connectivity index (χ4v) is 1.92. The fourth-order valence-electron chi connectivity index (χ4n) is 1.73. The molecule has 0 aliphatic carbocycles. The van der Waals surface area contributed by atoms with Crippen LogP contribution in [0.25, 0.3) is 0 Å². The minimum Gasteiger partial charge on any atom is -0.374 e. The molecule has 20 heavy (non-hydrogen) atoms. The summed E-state index contributed by atoms with van der Waals surface area (Å²) in [5, 5.41) is 0.299. The third kappa shape index (κ3) is 3.43. The average Bonchev–Trinajstić information content (AvgIpc) is 2.44. The molecule has 0 amide bonds. The first-order chi connectivity index (χ1) is 9.61. The molecule has 4 nitrogen and oxygen atoms in total. The summed E-state index contributed by atoms with van der Waals surface area (Å²) in [5.74, 6) is 0.665. The van der Waals surface area contributed by atoms with Gasteiger partial charge < -0.3 is 9.64 Å². The van der Waals surface area contributed by atoms with Crippen molar-refractivity contribution in [1.82, 2.24) is 9.97 Å². The van der Waals surface area contributed by atoms with Gasteiger partial charge in [0, 0.05) is 19.7 Å². The van der Waals surface area contributed by atoms with Crippen molar-refractivity contribution in [2.45, 2.75) is 13.5 Å². The summed E-state index contributed by atoms with van der Waals surface area (Å²) >= 11 is 5.97. The molecular weight excluding hydrogens is 281 g/mol. The van der Waals surface area contributed by atoms with Crippen molar-refractivity contribution in [3.8, 4) is 0 Å². The Labute approximate surface area is 122 Å². The second kappa shape index (κ2) is 6.63. The number of nitrogens with zero attached hydrogens (tertiary/aromatic N) is 3. The van der Waals surface area contributed by atoms with E-state index in [-0.39, 0.29) is 12.4 Å². The van der Waals surface area contributed by atoms with E-state index in [1.54, 1.807) is 36.2 Å². The molecule has 0 saturated heterocycles. The first kappa shape index (κ1) is 14.7. The molecule has 6 heteroatoms. The zero-order chi connectivity index (χ0) is 14.5. The molecule has 0 aliphatic heterocycles. The Morgan fingerprint density at radius 1 is 1.30 bits per heavy atom. The average molecular weight is 296 g/mol. The van der Waals surface area contributed by atoms with Crippen molar-refractivity contribution in [3.63, 3.8) is 0 Å². The van der Waals surface area contributed by atoms with Gasteiger partial charge in [0.1, 0.15) is 23.4 Å². The number of hydrogen-bond acceptors (Lipinski definition) is 4. The predicted octanol–water partition coefficient (Wildman–Crippen LogP) is 3.57. The Morgan fingerprint density at radius 2 is 2.05 bits per heavy atom. The van der Waals surface area contributed by atoms with Crippen molar-refractivity contribution >= 4 is 23.1 Å². The predicted molar refractivity (Wildman–Crippen MR) is 76.8 cm³/mol. The summed E-state index contributed by atoms with van der Waals surface area (Å²) in [7, 11) is 1.72. The maximum atomic E-state index is 13.8. The van der Waals surface area contributed by atoms with E-state index in [0.717, 1.165) is 0 Å². The van der Waals surface area contributed by atoms with Crippen LogP contribution in [-0.2, 0) is 11.3 Å². The highest BCUT2D eigenvalue weighted by molar-refractivity contribution is 6.29. The fraction of sp³-hybridized carbons (Fsp3) is 0.286. The number of para-hydroxylation sites is 1. The van der Waals surface area contributed by atoms with Gasteiger partial charge in [-0.15, -0.1) is 0 Å². The van der Waals surface area contributed by atoms with Gasteiger partial charge in [0.2, 0.25) is 0 Å². The molecule has 0 unspecified atom stereocenters. The van der Waals surface area contributed by atoms with Crippen molar-refractivity contribution in [2.75, 3.05) is 18.6 Å². The van der Waals surface area contributed by atoms with Gasteiger partial charge in [0.15, 0.2) is 5.82 Å². The van der Waals surface area contributed by atoms with Crippen LogP contribution >= 0.6 is 11.6 Å². The van der Waals surface area contributed by atoms with Crippen LogP contribution in [0, 0.1) is 5.82 Å². The normalized spacial score (nSPS) is 10.6. The maximum Gasteiger partial charge on any atom is 0.158 e. The molecular formula is C14H15ClFN3O. The number of hydrogen-bond donors (Lipinski definition) is 0. The molecule has 0 bridgehead atoms. The molecule has 2 aromatic rings. The monoisotopic (exact) mass is 295 g/mol. The van der Waals surface area contributed by atoms with Crippen LogP contribution in [0.4, 0.5) is 15.9 Å². The lowest BCUT2D eigenvalue weighted by Gasteiger charge is -2.19. The van der Waals surface area contributed by atoms with Crippen molar-refractivity contribution in [3.05, 3.63) is 47.1 Å². The van der Waals surface area contributed by atoms with Gasteiger partial charge in [-0.2, -0.15) is 0 Å². The van der Waals surface area contributed by atoms with Gasteiger partial charge >= 0.3 is 0 Å². The van der Waals surface area contributed by atoms with E-state index in [2.05, 4.69) is 9.97 Å². The van der Waals surface area contributed by atoms with E-state index in [4.69, 9.17) is 16.3 Å². The number of aromatic nitrogens is 2. The molecule has 0 atom stereocenters. The van der Waals surface area contributed by atoms with E-state index < -0.39 is 0 Å². The molecule has 106 valence electrons. The van der Waals surface area contributed by atoms with E-state index in [0.29, 0.717) is 29.1 Å². The summed E-state index contributed by atoms with van der Waals surface area (Å²) in [4.78, 5) is 10.0. The first-order valence-electron chi connectivity index (χ1n) is 6.21. The van der Waals surface area contributed by atoms with Crippen molar-refractivity contribution in [1.29, 1.82) is 0 Å². The smallest absolute Gasteiger partial charge is 0.158 e. The zero-order valence-electron chi connectivity index (χ0n) is 11.3. The molecule has 0 spiro atoms. The highest BCUT2D eigenvalue weighted by Crippen LogP contribution is 2.25. The molecule has 0 N–H and O–H groups in total. The second-order valence-corrected chi connectivity index (χ2v) is 4.50. The lowest BCUT2D eigenvalue weighted by Crippen LogP contribution is -2.14. The van der Waals surface area contributed by atoms with Gasteiger partial charge in [-0.1, -0.05) is 23.7 Å². The summed E-state index contributed by atoms with van der Waals surface area (Å²) in [6.45, 7) is 2.72. The zero-order valence-corrected chi connectivity index (χ0v) is 12.1. The van der Waals surface area contributed by atoms with Gasteiger partial charge in [0.25, 0.3) is 0 Å². The quantitative estimate of drug-likeness (QED) is 0.790. The van der Waals surface area contributed by atoms with E-state index >= 15 is 0 Å². The molecule has 1 aromatic carbocycles. The Hall–Kier alpha value is -1.72. The maximum absolute atomic E-state index is 13.8. The van der Waals surface area contributed by atoms with Gasteiger partial charge in [0.05, 0.1) is 5.69 Å². The summed E-state index contributed by atoms with van der Waals surface area (Å²) < 4.78 is 19.0. The molecule has 2 rings (SSSR count). The molecule has 0 fully saturated rings. The number of rotatable bonds is 5. The molecule has 0 aliphatic rings. The van der Waals surface area contributed by atoms with E-state index in [9.17, 15) is 4.39 Å². The van der Waals surface area contributed by atoms with Crippen molar-refractivity contribution in [2.24, 2.45) is 0 Å². The van der Waals surface area contributed by atoms with Crippen LogP contribution in [0.1, 0.15) is 12.7 Å². The highest BCUT2D eigenvalue weighted by Gasteiger charge is 2.12. The first-order valence-corrected chi connectivity index (χ1v) is 6.59. The van der Waals surface area contributed by atoms with Crippen molar-refractivity contribution < 1.29 is 9.13 Å². The Morgan fingerprint density at radius 3 is 2.75 bits per heavy atom. The number of benzene rings is 1. The standard InChI is InChI=1S/C14H15ClFN3O/c1-3-20-9-13-17-12(15)8-14(18-13)19(2)11-7-5-4-6-10(11)16/h4-8H,3,9H2,1-2H3. The van der Waals surface area contributed by atoms with Gasteiger partial charge in [-0.05, 0) is 19.1 Å². The lowest BCUT2D eigenvalue weighted by molar-refractivity contribution is 0.128. The van der Waals surface area contributed by atoms with Crippen LogP contribution in [0.15, 0.2) is 30.3 Å². The molecule has 0 saturated carbocycles. The number of ether oxygens (including phenoxy) is 1. The molecule has 0 radical (unpaired) electrons. The Balaban J connectivity index is 2.32. The van der Waals surface area contributed by atoms with Crippen LogP contribution in [-0.4, -0.2) is 23.6 Å². The lowest BCUT2D eigenvalue weighted by atomic mass is 10.3. The van der Waals surface area contributed by atoms with Crippen LogP contribution in [0.2, 0.25) is 5.15 Å². The van der Waals surface area contributed by atoms with Crippen LogP contribution in [0.3, 0.4) is 0 Å². The SMILES string of the molecule is CCOCc1nc(Cl)cc(N(C)c2ccccc2F)n1. The van der Waals surface area contributed by atoms with E-state index in [1.807, 2.05) is 6.92 Å². The summed E-state index contributed by atoms with van der Waals surface area (Å²) in [6, 6.07) is 8.06.